The third-order valence-electron chi connectivity index (χ3n) is 8.54. The maximum absolute atomic E-state index is 12.7. The Morgan fingerprint density at radius 3 is 1.33 bits per heavy atom. The van der Waals surface area contributed by atoms with Crippen LogP contribution in [0, 0.1) is 0 Å². The lowest BCUT2D eigenvalue weighted by atomic mass is 9.98. The third-order valence-corrected chi connectivity index (χ3v) is 8.54. The van der Waals surface area contributed by atoms with E-state index in [1.807, 2.05) is 55.5 Å². The van der Waals surface area contributed by atoms with Crippen LogP contribution in [0.2, 0.25) is 0 Å². The van der Waals surface area contributed by atoms with Gasteiger partial charge in [-0.1, -0.05) is 79.7 Å². The van der Waals surface area contributed by atoms with E-state index in [0.29, 0.717) is 30.9 Å². The van der Waals surface area contributed by atoms with Gasteiger partial charge in [0.2, 0.25) is 11.6 Å². The van der Waals surface area contributed by atoms with Crippen LogP contribution in [0.15, 0.2) is 97.1 Å². The topological polar surface area (TPSA) is 154 Å². The molecule has 2 aromatic heterocycles. The minimum atomic E-state index is -4.36. The summed E-state index contributed by atoms with van der Waals surface area (Å²) < 4.78 is 76.3. The second kappa shape index (κ2) is 17.5. The van der Waals surface area contributed by atoms with Crippen molar-refractivity contribution in [2.75, 3.05) is 19.8 Å². The number of rotatable bonds is 12. The smallest absolute Gasteiger partial charge is 0.394 e. The summed E-state index contributed by atoms with van der Waals surface area (Å²) in [4.78, 5) is 2.66. The fraction of sp³-hybridized carbons (Fsp3) is 0.297. The van der Waals surface area contributed by atoms with Crippen LogP contribution < -0.4 is 5.73 Å². The van der Waals surface area contributed by atoms with E-state index < -0.39 is 29.5 Å². The Balaban J connectivity index is 0.000000208. The Bertz CT molecular complexity index is 1920. The molecule has 2 unspecified atom stereocenters. The first-order valence-electron chi connectivity index (χ1n) is 16.8. The fourth-order valence-corrected chi connectivity index (χ4v) is 5.43. The monoisotopic (exact) mass is 753 g/mol. The molecule has 0 radical (unpaired) electrons. The van der Waals surface area contributed by atoms with Crippen molar-refractivity contribution in [3.63, 3.8) is 0 Å². The van der Waals surface area contributed by atoms with Gasteiger partial charge in [-0.15, -0.1) is 20.4 Å². The van der Waals surface area contributed by atoms with Crippen LogP contribution in [-0.2, 0) is 25.2 Å². The molecule has 11 nitrogen and oxygen atoms in total. The first-order chi connectivity index (χ1) is 25.8. The lowest BCUT2D eigenvalue weighted by Crippen LogP contribution is -2.24. The number of hydrogen-bond acceptors (Lipinski definition) is 9. The molecule has 0 saturated heterocycles. The van der Waals surface area contributed by atoms with Crippen molar-refractivity contribution < 1.29 is 36.6 Å². The maximum Gasteiger partial charge on any atom is 0.416 e. The van der Waals surface area contributed by atoms with Crippen LogP contribution in [0.3, 0.4) is 0 Å². The summed E-state index contributed by atoms with van der Waals surface area (Å²) in [6.45, 7) is 1.79. The highest BCUT2D eigenvalue weighted by atomic mass is 19.4. The summed E-state index contributed by atoms with van der Waals surface area (Å²) in [5.41, 5.74) is 8.93. The van der Waals surface area contributed by atoms with Gasteiger partial charge in [0.1, 0.15) is 6.04 Å². The molecule has 0 fully saturated rings. The summed E-state index contributed by atoms with van der Waals surface area (Å²) in [7, 11) is 0. The molecule has 6 rings (SSSR count). The number of nitrogens with zero attached hydrogens (tertiary/aromatic N) is 8. The Labute approximate surface area is 306 Å². The maximum atomic E-state index is 12.7. The number of benzene rings is 4. The second-order valence-electron chi connectivity index (χ2n) is 12.2. The van der Waals surface area contributed by atoms with E-state index in [9.17, 15) is 36.6 Å². The number of alkyl halides is 6. The van der Waals surface area contributed by atoms with E-state index in [1.165, 1.54) is 33.9 Å². The van der Waals surface area contributed by atoms with Gasteiger partial charge in [0.05, 0.1) is 30.4 Å². The number of nitrogens with two attached hydrogens (primary N) is 1. The molecular weight excluding hydrogens is 716 g/mol. The van der Waals surface area contributed by atoms with E-state index in [0.717, 1.165) is 57.6 Å². The lowest BCUT2D eigenvalue weighted by Gasteiger charge is -2.10. The molecule has 0 saturated carbocycles. The molecule has 54 heavy (non-hydrogen) atoms. The summed E-state index contributed by atoms with van der Waals surface area (Å²) in [5, 5.41) is 43.3. The number of hydrogen-bond donors (Lipinski definition) is 3. The predicted octanol–water partition coefficient (Wildman–Crippen LogP) is 6.33. The second-order valence-corrected chi connectivity index (χ2v) is 12.2. The molecule has 284 valence electrons. The first kappa shape index (κ1) is 39.7. The highest BCUT2D eigenvalue weighted by Gasteiger charge is 2.31. The Morgan fingerprint density at radius 1 is 0.593 bits per heavy atom. The number of halogens is 6. The third kappa shape index (κ3) is 9.91. The molecule has 2 atom stereocenters. The highest BCUT2D eigenvalue weighted by Crippen LogP contribution is 2.31. The zero-order valence-corrected chi connectivity index (χ0v) is 29.0. The van der Waals surface area contributed by atoms with Crippen LogP contribution in [0.5, 0.6) is 0 Å². The Hall–Kier alpha value is -5.52. The molecule has 17 heteroatoms. The van der Waals surface area contributed by atoms with Gasteiger partial charge < -0.3 is 15.9 Å². The number of aliphatic hydroxyl groups excluding tert-OH is 2. The highest BCUT2D eigenvalue weighted by molar-refractivity contribution is 5.61. The Kier molecular flexibility index (Phi) is 12.9. The number of aliphatic hydroxyl groups is 2. The van der Waals surface area contributed by atoms with Gasteiger partial charge in [0.25, 0.3) is 0 Å². The quantitative estimate of drug-likeness (QED) is 0.122. The van der Waals surface area contributed by atoms with Gasteiger partial charge in [-0.2, -0.15) is 35.9 Å². The van der Waals surface area contributed by atoms with Crippen LogP contribution in [-0.4, -0.2) is 70.4 Å². The van der Waals surface area contributed by atoms with E-state index in [1.54, 1.807) is 0 Å². The molecular formula is C37H37F6N9O2. The molecule has 0 aliphatic carbocycles. The van der Waals surface area contributed by atoms with Crippen LogP contribution >= 0.6 is 0 Å². The zero-order chi connectivity index (χ0) is 38.9. The molecule has 6 aromatic rings. The van der Waals surface area contributed by atoms with Crippen LogP contribution in [0.1, 0.15) is 58.8 Å². The molecule has 4 N–H and O–H groups in total. The van der Waals surface area contributed by atoms with Crippen molar-refractivity contribution in [3.05, 3.63) is 130 Å². The van der Waals surface area contributed by atoms with E-state index in [4.69, 9.17) is 5.73 Å². The minimum absolute atomic E-state index is 0.0838. The normalized spacial score (nSPS) is 12.9. The SMILES string of the molecule is CCC(CO)n1nnc(-c2ccccc2Cc2ccc(C(F)(F)F)cc2)n1.NCC(CO)n1nnc(-c2ccccc2Cc2ccc(C(F)(F)F)cc2)n1. The van der Waals surface area contributed by atoms with Gasteiger partial charge >= 0.3 is 12.4 Å². The average molecular weight is 754 g/mol. The van der Waals surface area contributed by atoms with Crippen molar-refractivity contribution in [3.8, 4) is 22.8 Å². The van der Waals surface area contributed by atoms with Crippen molar-refractivity contribution >= 4 is 0 Å². The van der Waals surface area contributed by atoms with Gasteiger partial charge in [0.15, 0.2) is 0 Å². The minimum Gasteiger partial charge on any atom is -0.394 e. The summed E-state index contributed by atoms with van der Waals surface area (Å²) in [6.07, 6.45) is -7.17. The zero-order valence-electron chi connectivity index (χ0n) is 29.0. The van der Waals surface area contributed by atoms with Crippen LogP contribution in [0.4, 0.5) is 26.3 Å². The van der Waals surface area contributed by atoms with E-state index >= 15 is 0 Å². The van der Waals surface area contributed by atoms with E-state index in [-0.39, 0.29) is 25.8 Å². The van der Waals surface area contributed by atoms with Gasteiger partial charge in [-0.05, 0) is 76.2 Å². The number of tetrazole rings is 2. The first-order valence-corrected chi connectivity index (χ1v) is 16.8. The molecule has 0 aliphatic heterocycles. The fourth-order valence-electron chi connectivity index (χ4n) is 5.43. The molecule has 0 aliphatic rings. The number of aromatic nitrogens is 8. The molecule has 0 spiro atoms. The summed E-state index contributed by atoms with van der Waals surface area (Å²) in [5.74, 6) is 0.786. The van der Waals surface area contributed by atoms with Gasteiger partial charge in [-0.25, -0.2) is 0 Å². The lowest BCUT2D eigenvalue weighted by molar-refractivity contribution is -0.138. The van der Waals surface area contributed by atoms with Crippen molar-refractivity contribution in [1.29, 1.82) is 0 Å². The molecule has 4 aromatic carbocycles. The van der Waals surface area contributed by atoms with Crippen molar-refractivity contribution in [1.82, 2.24) is 40.4 Å². The molecule has 0 amide bonds. The van der Waals surface area contributed by atoms with Crippen molar-refractivity contribution in [2.45, 2.75) is 50.6 Å². The van der Waals surface area contributed by atoms with Gasteiger partial charge in [0, 0.05) is 17.7 Å². The Morgan fingerprint density at radius 2 is 0.981 bits per heavy atom. The summed E-state index contributed by atoms with van der Waals surface area (Å²) in [6, 6.07) is 24.2. The van der Waals surface area contributed by atoms with Crippen molar-refractivity contribution in [2.24, 2.45) is 5.73 Å². The largest absolute Gasteiger partial charge is 0.416 e. The summed E-state index contributed by atoms with van der Waals surface area (Å²) >= 11 is 0. The standard InChI is InChI=1S/C19H19F3N4O.C18H18F3N5O/c1-2-16(12-27)26-24-18(23-25-26)17-6-4-3-5-14(17)11-13-7-9-15(10-8-13)19(20,21)22;19-18(20,21)14-7-5-12(6-8-14)9-13-3-1-2-4-16(13)17-23-25-26(24-17)15(10-22)11-27/h3-10,16,27H,2,11-12H2,1H3;1-8,15,27H,9-11,22H2. The van der Waals surface area contributed by atoms with E-state index in [2.05, 4.69) is 30.8 Å². The van der Waals surface area contributed by atoms with Gasteiger partial charge in [-0.3, -0.25) is 0 Å². The van der Waals surface area contributed by atoms with Crippen LogP contribution in [0.25, 0.3) is 22.8 Å². The average Bonchev–Trinajstić information content (AvgIpc) is 3.85. The molecule has 0 bridgehead atoms. The predicted molar refractivity (Wildman–Crippen MR) is 187 cm³/mol. The molecule has 2 heterocycles.